The molecule has 4 aromatic rings. The van der Waals surface area contributed by atoms with Gasteiger partial charge in [-0.15, -0.1) is 0 Å². The normalized spacial score (nSPS) is 10.8. The molecule has 3 aromatic carbocycles. The van der Waals surface area contributed by atoms with Crippen molar-refractivity contribution in [1.29, 1.82) is 0 Å². The lowest BCUT2D eigenvalue weighted by atomic mass is 10.1. The maximum absolute atomic E-state index is 12.6. The molecule has 1 aromatic heterocycles. The van der Waals surface area contributed by atoms with Gasteiger partial charge in [-0.1, -0.05) is 29.8 Å². The fourth-order valence-corrected chi connectivity index (χ4v) is 3.42. The summed E-state index contributed by atoms with van der Waals surface area (Å²) in [7, 11) is 1.80. The number of imidazole rings is 1. The zero-order chi connectivity index (χ0) is 22.0. The molecule has 0 spiro atoms. The third-order valence-electron chi connectivity index (χ3n) is 4.68. The average Bonchev–Trinajstić information content (AvgIpc) is 3.08. The van der Waals surface area contributed by atoms with Gasteiger partial charge in [-0.3, -0.25) is 9.59 Å². The van der Waals surface area contributed by atoms with Crippen LogP contribution < -0.4 is 10.1 Å². The Hall–Kier alpha value is -3.84. The van der Waals surface area contributed by atoms with Crippen molar-refractivity contribution in [3.8, 4) is 11.5 Å². The van der Waals surface area contributed by atoms with E-state index in [-0.39, 0.29) is 12.3 Å². The maximum atomic E-state index is 12.6. The third kappa shape index (κ3) is 4.51. The molecule has 31 heavy (non-hydrogen) atoms. The smallest absolute Gasteiger partial charge is 0.307 e. The van der Waals surface area contributed by atoms with Crippen molar-refractivity contribution in [2.24, 2.45) is 7.05 Å². The number of nitrogens with one attached hydrogen (secondary N) is 1. The summed E-state index contributed by atoms with van der Waals surface area (Å²) in [6.07, 6.45) is -0.111. The molecule has 0 saturated heterocycles. The summed E-state index contributed by atoms with van der Waals surface area (Å²) in [5, 5.41) is 12.0. The molecule has 0 bridgehead atoms. The number of benzene rings is 3. The molecule has 0 aliphatic heterocycles. The Bertz CT molecular complexity index is 1280. The van der Waals surface area contributed by atoms with Gasteiger partial charge in [0, 0.05) is 12.7 Å². The van der Waals surface area contributed by atoms with Gasteiger partial charge in [0.2, 0.25) is 0 Å². The van der Waals surface area contributed by atoms with E-state index in [0.29, 0.717) is 33.6 Å². The number of hydrogen-bond acceptors (Lipinski definition) is 4. The lowest BCUT2D eigenvalue weighted by molar-refractivity contribution is -0.136. The van der Waals surface area contributed by atoms with Crippen LogP contribution in [-0.4, -0.2) is 26.5 Å². The van der Waals surface area contributed by atoms with E-state index < -0.39 is 5.97 Å². The molecule has 4 rings (SSSR count). The highest BCUT2D eigenvalue weighted by molar-refractivity contribution is 6.32. The Morgan fingerprint density at radius 3 is 2.52 bits per heavy atom. The first-order valence-electron chi connectivity index (χ1n) is 9.41. The number of carbonyl (C=O) groups excluding carboxylic acids is 1. The predicted molar refractivity (Wildman–Crippen MR) is 118 cm³/mol. The van der Waals surface area contributed by atoms with Gasteiger partial charge in [0.25, 0.3) is 5.91 Å². The Kier molecular flexibility index (Phi) is 5.60. The van der Waals surface area contributed by atoms with Crippen LogP contribution in [0.5, 0.6) is 11.5 Å². The molecule has 0 aliphatic carbocycles. The van der Waals surface area contributed by atoms with E-state index in [0.717, 1.165) is 11.0 Å². The molecule has 0 atom stereocenters. The van der Waals surface area contributed by atoms with Crippen molar-refractivity contribution in [1.82, 2.24) is 9.55 Å². The number of ether oxygens (including phenoxy) is 1. The van der Waals surface area contributed by atoms with Crippen molar-refractivity contribution in [3.05, 3.63) is 83.1 Å². The van der Waals surface area contributed by atoms with Crippen LogP contribution in [0, 0.1) is 0 Å². The first-order chi connectivity index (χ1) is 14.9. The minimum atomic E-state index is -0.930. The molecular formula is C23H18ClN3O4. The molecule has 0 aliphatic rings. The molecule has 0 radical (unpaired) electrons. The number of aryl methyl sites for hydroxylation is 1. The Morgan fingerprint density at radius 2 is 1.84 bits per heavy atom. The van der Waals surface area contributed by atoms with Gasteiger partial charge >= 0.3 is 5.97 Å². The summed E-state index contributed by atoms with van der Waals surface area (Å²) in [5.74, 6) is 0.00103. The standard InChI is InChI=1S/C23H18ClN3O4/c1-27-19-5-3-2-4-18(19)26-22(27)23(30)25-15-7-9-16(10-8-15)31-20-11-6-14(12-17(20)24)13-21(28)29/h2-12H,13H2,1H3,(H,25,30)(H,28,29). The van der Waals surface area contributed by atoms with E-state index in [2.05, 4.69) is 10.3 Å². The summed E-state index contributed by atoms with van der Waals surface area (Å²) in [5.41, 5.74) is 2.81. The molecule has 2 N–H and O–H groups in total. The molecule has 8 heteroatoms. The molecule has 0 saturated carbocycles. The summed E-state index contributed by atoms with van der Waals surface area (Å²) < 4.78 is 7.51. The van der Waals surface area contributed by atoms with Crippen molar-refractivity contribution >= 4 is 40.2 Å². The number of aliphatic carboxylic acids is 1. The van der Waals surface area contributed by atoms with E-state index in [1.165, 1.54) is 0 Å². The molecule has 0 fully saturated rings. The number of carboxylic acids is 1. The van der Waals surface area contributed by atoms with Crippen molar-refractivity contribution in [3.63, 3.8) is 0 Å². The van der Waals surface area contributed by atoms with E-state index in [4.69, 9.17) is 21.4 Å². The fraction of sp³-hybridized carbons (Fsp3) is 0.0870. The second-order valence-corrected chi connectivity index (χ2v) is 7.31. The molecule has 156 valence electrons. The first kappa shape index (κ1) is 20.4. The fourth-order valence-electron chi connectivity index (χ4n) is 3.18. The average molecular weight is 436 g/mol. The number of fused-ring (bicyclic) bond motifs is 1. The van der Waals surface area contributed by atoms with E-state index in [9.17, 15) is 9.59 Å². The lowest BCUT2D eigenvalue weighted by Gasteiger charge is -2.10. The number of para-hydroxylation sites is 2. The van der Waals surface area contributed by atoms with Crippen LogP contribution in [0.3, 0.4) is 0 Å². The van der Waals surface area contributed by atoms with E-state index in [1.807, 2.05) is 24.3 Å². The van der Waals surface area contributed by atoms with Gasteiger partial charge in [0.15, 0.2) is 5.82 Å². The van der Waals surface area contributed by atoms with Gasteiger partial charge in [0.1, 0.15) is 11.5 Å². The molecule has 7 nitrogen and oxygen atoms in total. The van der Waals surface area contributed by atoms with Crippen molar-refractivity contribution in [2.45, 2.75) is 6.42 Å². The summed E-state index contributed by atoms with van der Waals surface area (Å²) >= 11 is 6.19. The van der Waals surface area contributed by atoms with E-state index >= 15 is 0 Å². The number of halogens is 1. The summed E-state index contributed by atoms with van der Waals surface area (Å²) in [6, 6.07) is 19.2. The largest absolute Gasteiger partial charge is 0.481 e. The highest BCUT2D eigenvalue weighted by Gasteiger charge is 2.15. The summed E-state index contributed by atoms with van der Waals surface area (Å²) in [6.45, 7) is 0. The molecule has 0 unspecified atom stereocenters. The first-order valence-corrected chi connectivity index (χ1v) is 9.79. The quantitative estimate of drug-likeness (QED) is 0.449. The number of anilines is 1. The highest BCUT2D eigenvalue weighted by atomic mass is 35.5. The number of rotatable bonds is 6. The van der Waals surface area contributed by atoms with Gasteiger partial charge < -0.3 is 19.7 Å². The minimum Gasteiger partial charge on any atom is -0.481 e. The van der Waals surface area contributed by atoms with Gasteiger partial charge in [-0.25, -0.2) is 4.98 Å². The molecular weight excluding hydrogens is 418 g/mol. The zero-order valence-corrected chi connectivity index (χ0v) is 17.3. The van der Waals surface area contributed by atoms with Crippen LogP contribution in [0.4, 0.5) is 5.69 Å². The summed E-state index contributed by atoms with van der Waals surface area (Å²) in [4.78, 5) is 27.8. The maximum Gasteiger partial charge on any atom is 0.307 e. The van der Waals surface area contributed by atoms with Gasteiger partial charge in [-0.05, 0) is 54.1 Å². The number of nitrogens with zero attached hydrogens (tertiary/aromatic N) is 2. The Labute approximate surface area is 182 Å². The monoisotopic (exact) mass is 435 g/mol. The van der Waals surface area contributed by atoms with Crippen molar-refractivity contribution in [2.75, 3.05) is 5.32 Å². The van der Waals surface area contributed by atoms with Gasteiger partial charge in [-0.2, -0.15) is 0 Å². The van der Waals surface area contributed by atoms with E-state index in [1.54, 1.807) is 54.1 Å². The predicted octanol–water partition coefficient (Wildman–Crippen LogP) is 4.90. The second-order valence-electron chi connectivity index (χ2n) is 6.90. The van der Waals surface area contributed by atoms with Crippen LogP contribution in [-0.2, 0) is 18.3 Å². The Balaban J connectivity index is 1.45. The van der Waals surface area contributed by atoms with Crippen molar-refractivity contribution < 1.29 is 19.4 Å². The van der Waals surface area contributed by atoms with Crippen LogP contribution in [0.2, 0.25) is 5.02 Å². The number of aromatic nitrogens is 2. The zero-order valence-electron chi connectivity index (χ0n) is 16.5. The topological polar surface area (TPSA) is 93.5 Å². The SMILES string of the molecule is Cn1c(C(=O)Nc2ccc(Oc3ccc(CC(=O)O)cc3Cl)cc2)nc2ccccc21. The number of amides is 1. The van der Waals surface area contributed by atoms with Crippen LogP contribution in [0.15, 0.2) is 66.7 Å². The number of carboxylic acid groups (broad SMARTS) is 1. The number of carbonyl (C=O) groups is 2. The Morgan fingerprint density at radius 1 is 1.10 bits per heavy atom. The van der Waals surface area contributed by atoms with Crippen LogP contribution in [0.1, 0.15) is 16.2 Å². The lowest BCUT2D eigenvalue weighted by Crippen LogP contribution is -2.16. The number of hydrogen-bond donors (Lipinski definition) is 2. The molecule has 1 heterocycles. The van der Waals surface area contributed by atoms with Crippen LogP contribution >= 0.6 is 11.6 Å². The minimum absolute atomic E-state index is 0.111. The van der Waals surface area contributed by atoms with Gasteiger partial charge in [0.05, 0.1) is 22.5 Å². The highest BCUT2D eigenvalue weighted by Crippen LogP contribution is 2.31. The third-order valence-corrected chi connectivity index (χ3v) is 4.98. The molecule has 1 amide bonds. The van der Waals surface area contributed by atoms with Crippen LogP contribution in [0.25, 0.3) is 11.0 Å². The second kappa shape index (κ2) is 8.49.